The first-order valence-corrected chi connectivity index (χ1v) is 6.90. The quantitative estimate of drug-likeness (QED) is 0.799. The minimum absolute atomic E-state index is 0.137. The van der Waals surface area contributed by atoms with Crippen LogP contribution in [0, 0.1) is 11.8 Å². The lowest BCUT2D eigenvalue weighted by molar-refractivity contribution is -0.140. The Labute approximate surface area is 122 Å². The number of rotatable bonds is 3. The lowest BCUT2D eigenvalue weighted by Crippen LogP contribution is -2.30. The van der Waals surface area contributed by atoms with Crippen molar-refractivity contribution in [3.63, 3.8) is 0 Å². The van der Waals surface area contributed by atoms with E-state index in [0.717, 1.165) is 5.69 Å². The summed E-state index contributed by atoms with van der Waals surface area (Å²) in [6.45, 7) is 3.75. The summed E-state index contributed by atoms with van der Waals surface area (Å²) in [5, 5.41) is 8.50. The van der Waals surface area contributed by atoms with E-state index in [-0.39, 0.29) is 30.2 Å². The molecule has 2 amide bonds. The molecule has 21 heavy (non-hydrogen) atoms. The minimum atomic E-state index is -0.262. The number of hydrogen-bond donors (Lipinski definition) is 0. The standard InChI is InChI=1S/C15H16N4O2/c1-10-11(2)15(21)18(14(10)20)9-12-8-16-19(17-12)13-6-4-3-5-7-13/h3-8,10-11H,9H2,1-2H3. The van der Waals surface area contributed by atoms with Crippen LogP contribution in [0.1, 0.15) is 19.5 Å². The van der Waals surface area contributed by atoms with Gasteiger partial charge < -0.3 is 0 Å². The Morgan fingerprint density at radius 1 is 1.05 bits per heavy atom. The van der Waals surface area contributed by atoms with Gasteiger partial charge >= 0.3 is 0 Å². The van der Waals surface area contributed by atoms with Crippen LogP contribution in [0.2, 0.25) is 0 Å². The van der Waals surface area contributed by atoms with E-state index in [9.17, 15) is 9.59 Å². The number of amides is 2. The van der Waals surface area contributed by atoms with Crippen LogP contribution in [0.3, 0.4) is 0 Å². The van der Waals surface area contributed by atoms with Crippen LogP contribution in [0.25, 0.3) is 5.69 Å². The fourth-order valence-electron chi connectivity index (χ4n) is 2.40. The molecule has 0 bridgehead atoms. The summed E-state index contributed by atoms with van der Waals surface area (Å²) >= 11 is 0. The van der Waals surface area contributed by atoms with Crippen molar-refractivity contribution in [1.82, 2.24) is 19.9 Å². The molecule has 2 atom stereocenters. The molecule has 0 radical (unpaired) electrons. The van der Waals surface area contributed by atoms with Crippen LogP contribution in [0.4, 0.5) is 0 Å². The topological polar surface area (TPSA) is 68.1 Å². The van der Waals surface area contributed by atoms with Crippen molar-refractivity contribution < 1.29 is 9.59 Å². The first kappa shape index (κ1) is 13.5. The van der Waals surface area contributed by atoms with E-state index in [4.69, 9.17) is 0 Å². The average molecular weight is 284 g/mol. The highest BCUT2D eigenvalue weighted by Gasteiger charge is 2.42. The van der Waals surface area contributed by atoms with Gasteiger partial charge in [-0.1, -0.05) is 32.0 Å². The Balaban J connectivity index is 1.79. The van der Waals surface area contributed by atoms with Gasteiger partial charge in [0, 0.05) is 11.8 Å². The van der Waals surface area contributed by atoms with Crippen molar-refractivity contribution in [2.45, 2.75) is 20.4 Å². The second-order valence-corrected chi connectivity index (χ2v) is 5.30. The highest BCUT2D eigenvalue weighted by molar-refractivity contribution is 6.04. The molecule has 3 rings (SSSR count). The maximum atomic E-state index is 12.1. The largest absolute Gasteiger partial charge is 0.276 e. The maximum Gasteiger partial charge on any atom is 0.233 e. The van der Waals surface area contributed by atoms with Crippen molar-refractivity contribution in [3.8, 4) is 5.69 Å². The van der Waals surface area contributed by atoms with Gasteiger partial charge in [-0.15, -0.1) is 0 Å². The number of likely N-dealkylation sites (tertiary alicyclic amines) is 1. The number of aromatic nitrogens is 3. The molecule has 6 heteroatoms. The summed E-state index contributed by atoms with van der Waals surface area (Å²) in [5.74, 6) is -0.799. The lowest BCUT2D eigenvalue weighted by Gasteiger charge is -2.12. The number of benzene rings is 1. The molecule has 2 unspecified atom stereocenters. The van der Waals surface area contributed by atoms with Gasteiger partial charge in [-0.2, -0.15) is 15.0 Å². The molecule has 1 aromatic carbocycles. The Kier molecular flexibility index (Phi) is 3.29. The molecule has 1 fully saturated rings. The molecule has 0 aliphatic carbocycles. The number of nitrogens with zero attached hydrogens (tertiary/aromatic N) is 4. The number of hydrogen-bond acceptors (Lipinski definition) is 4. The van der Waals surface area contributed by atoms with E-state index in [1.807, 2.05) is 30.3 Å². The molecule has 0 spiro atoms. The van der Waals surface area contributed by atoms with Crippen molar-refractivity contribution in [3.05, 3.63) is 42.2 Å². The number of imide groups is 1. The second kappa shape index (κ2) is 5.12. The van der Waals surface area contributed by atoms with Crippen molar-refractivity contribution in [2.24, 2.45) is 11.8 Å². The van der Waals surface area contributed by atoms with E-state index in [2.05, 4.69) is 10.2 Å². The van der Waals surface area contributed by atoms with E-state index >= 15 is 0 Å². The predicted molar refractivity (Wildman–Crippen MR) is 75.2 cm³/mol. The molecule has 1 saturated heterocycles. The normalized spacial score (nSPS) is 22.1. The summed E-state index contributed by atoms with van der Waals surface area (Å²) in [7, 11) is 0. The van der Waals surface area contributed by atoms with Crippen LogP contribution < -0.4 is 0 Å². The van der Waals surface area contributed by atoms with Crippen LogP contribution in [0.5, 0.6) is 0 Å². The van der Waals surface area contributed by atoms with Gasteiger partial charge in [-0.05, 0) is 12.1 Å². The van der Waals surface area contributed by atoms with E-state index in [1.54, 1.807) is 20.0 Å². The highest BCUT2D eigenvalue weighted by Crippen LogP contribution is 2.26. The average Bonchev–Trinajstić information content (AvgIpc) is 3.05. The number of carbonyl (C=O) groups excluding carboxylic acids is 2. The zero-order chi connectivity index (χ0) is 15.0. The van der Waals surface area contributed by atoms with Crippen molar-refractivity contribution in [1.29, 1.82) is 0 Å². The molecule has 1 aliphatic heterocycles. The SMILES string of the molecule is CC1C(=O)N(Cc2cnn(-c3ccccc3)n2)C(=O)C1C. The molecule has 6 nitrogen and oxygen atoms in total. The Bertz CT molecular complexity index is 660. The summed E-state index contributed by atoms with van der Waals surface area (Å²) < 4.78 is 0. The molecule has 108 valence electrons. The Hall–Kier alpha value is -2.50. The van der Waals surface area contributed by atoms with Crippen LogP contribution in [-0.2, 0) is 16.1 Å². The first-order valence-electron chi connectivity index (χ1n) is 6.90. The molecular weight excluding hydrogens is 268 g/mol. The van der Waals surface area contributed by atoms with Crippen LogP contribution in [-0.4, -0.2) is 31.7 Å². The zero-order valence-corrected chi connectivity index (χ0v) is 11.9. The molecule has 1 aromatic heterocycles. The molecule has 1 aliphatic rings. The minimum Gasteiger partial charge on any atom is -0.276 e. The Morgan fingerprint density at radius 2 is 1.67 bits per heavy atom. The number of carbonyl (C=O) groups is 2. The molecule has 2 aromatic rings. The monoisotopic (exact) mass is 284 g/mol. The molecule has 0 N–H and O–H groups in total. The highest BCUT2D eigenvalue weighted by atomic mass is 16.2. The fraction of sp³-hybridized carbons (Fsp3) is 0.333. The lowest BCUT2D eigenvalue weighted by atomic mass is 10.00. The van der Waals surface area contributed by atoms with E-state index in [1.165, 1.54) is 9.70 Å². The zero-order valence-electron chi connectivity index (χ0n) is 11.9. The second-order valence-electron chi connectivity index (χ2n) is 5.30. The third-order valence-electron chi connectivity index (χ3n) is 3.91. The van der Waals surface area contributed by atoms with Crippen molar-refractivity contribution >= 4 is 11.8 Å². The van der Waals surface area contributed by atoms with Crippen LogP contribution in [0.15, 0.2) is 36.5 Å². The van der Waals surface area contributed by atoms with Crippen molar-refractivity contribution in [2.75, 3.05) is 0 Å². The van der Waals surface area contributed by atoms with Gasteiger partial charge in [0.25, 0.3) is 0 Å². The van der Waals surface area contributed by atoms with Gasteiger partial charge in [-0.3, -0.25) is 14.5 Å². The van der Waals surface area contributed by atoms with Gasteiger partial charge in [-0.25, -0.2) is 0 Å². The van der Waals surface area contributed by atoms with Crippen LogP contribution >= 0.6 is 0 Å². The third-order valence-corrected chi connectivity index (χ3v) is 3.91. The fourth-order valence-corrected chi connectivity index (χ4v) is 2.40. The summed E-state index contributed by atoms with van der Waals surface area (Å²) in [4.78, 5) is 26.9. The third kappa shape index (κ3) is 2.33. The predicted octanol–water partition coefficient (Wildman–Crippen LogP) is 1.41. The maximum absolute atomic E-state index is 12.1. The summed E-state index contributed by atoms with van der Waals surface area (Å²) in [6, 6.07) is 9.49. The van der Waals surface area contributed by atoms with E-state index in [0.29, 0.717) is 5.69 Å². The summed E-state index contributed by atoms with van der Waals surface area (Å²) in [5.41, 5.74) is 1.44. The first-order chi connectivity index (χ1) is 10.1. The van der Waals surface area contributed by atoms with Gasteiger partial charge in [0.15, 0.2) is 0 Å². The molecular formula is C15H16N4O2. The number of para-hydroxylation sites is 1. The molecule has 2 heterocycles. The summed E-state index contributed by atoms with van der Waals surface area (Å²) in [6.07, 6.45) is 1.58. The smallest absolute Gasteiger partial charge is 0.233 e. The van der Waals surface area contributed by atoms with Gasteiger partial charge in [0.2, 0.25) is 11.8 Å². The van der Waals surface area contributed by atoms with E-state index < -0.39 is 0 Å². The molecule has 0 saturated carbocycles. The van der Waals surface area contributed by atoms with Gasteiger partial charge in [0.05, 0.1) is 18.4 Å². The Morgan fingerprint density at radius 3 is 2.29 bits per heavy atom. The van der Waals surface area contributed by atoms with Gasteiger partial charge in [0.1, 0.15) is 5.69 Å².